The molecule has 0 aliphatic carbocycles. The Kier molecular flexibility index (Phi) is 4.70. The van der Waals surface area contributed by atoms with Crippen LogP contribution in [-0.2, 0) is 5.41 Å². The first-order valence-electron chi connectivity index (χ1n) is 7.03. The topological polar surface area (TPSA) is 23.5 Å². The Morgan fingerprint density at radius 3 is 2.47 bits per heavy atom. The molecule has 0 atom stereocenters. The van der Waals surface area contributed by atoms with Crippen molar-refractivity contribution in [3.05, 3.63) is 33.8 Å². The molecule has 1 aromatic rings. The Balaban J connectivity index is 2.20. The van der Waals surface area contributed by atoms with Gasteiger partial charge in [-0.25, -0.2) is 0 Å². The summed E-state index contributed by atoms with van der Waals surface area (Å²) >= 11 is 3.72. The molecule has 1 aromatic carbocycles. The zero-order valence-electron chi connectivity index (χ0n) is 12.1. The van der Waals surface area contributed by atoms with Crippen molar-refractivity contribution in [1.82, 2.24) is 4.90 Å². The van der Waals surface area contributed by atoms with Crippen LogP contribution in [0, 0.1) is 0 Å². The molecule has 0 amide bonds. The molecule has 0 saturated carbocycles. The summed E-state index contributed by atoms with van der Waals surface area (Å²) in [6, 6.07) is 6.60. The Morgan fingerprint density at radius 1 is 1.32 bits per heavy atom. The summed E-state index contributed by atoms with van der Waals surface area (Å²) in [6.07, 6.45) is 2.47. The molecular formula is C16H24BrNO. The Bertz CT molecular complexity index is 436. The molecule has 1 fully saturated rings. The van der Waals surface area contributed by atoms with Crippen LogP contribution in [0.4, 0.5) is 0 Å². The summed E-state index contributed by atoms with van der Waals surface area (Å²) < 4.78 is 1.20. The van der Waals surface area contributed by atoms with Gasteiger partial charge in [-0.1, -0.05) is 41.9 Å². The molecule has 2 rings (SSSR count). The van der Waals surface area contributed by atoms with Gasteiger partial charge in [-0.15, -0.1) is 0 Å². The highest BCUT2D eigenvalue weighted by Gasteiger charge is 2.23. The normalized spacial score (nSPS) is 18.8. The highest BCUT2D eigenvalue weighted by atomic mass is 79.9. The van der Waals surface area contributed by atoms with E-state index >= 15 is 0 Å². The first-order chi connectivity index (χ1) is 8.94. The van der Waals surface area contributed by atoms with Crippen LogP contribution >= 0.6 is 15.9 Å². The van der Waals surface area contributed by atoms with Gasteiger partial charge in [-0.05, 0) is 56.1 Å². The summed E-state index contributed by atoms with van der Waals surface area (Å²) in [5.74, 6) is 0.664. The zero-order chi connectivity index (χ0) is 14.0. The Labute approximate surface area is 124 Å². The molecule has 3 heteroatoms. The molecule has 1 N–H and O–H groups in total. The molecule has 106 valence electrons. The van der Waals surface area contributed by atoms with Crippen LogP contribution in [0.3, 0.4) is 0 Å². The van der Waals surface area contributed by atoms with E-state index < -0.39 is 0 Å². The van der Waals surface area contributed by atoms with Crippen molar-refractivity contribution < 1.29 is 5.11 Å². The van der Waals surface area contributed by atoms with Gasteiger partial charge in [0.25, 0.3) is 0 Å². The van der Waals surface area contributed by atoms with E-state index in [1.165, 1.54) is 41.5 Å². The lowest BCUT2D eigenvalue weighted by atomic mass is 9.83. The molecular weight excluding hydrogens is 302 g/mol. The van der Waals surface area contributed by atoms with Gasteiger partial charge in [-0.2, -0.15) is 0 Å². The fraction of sp³-hybridized carbons (Fsp3) is 0.625. The predicted octanol–water partition coefficient (Wildman–Crippen LogP) is 3.53. The maximum Gasteiger partial charge on any atom is 0.0522 e. The number of hydrogen-bond acceptors (Lipinski definition) is 2. The second kappa shape index (κ2) is 5.94. The van der Waals surface area contributed by atoms with Crippen LogP contribution < -0.4 is 0 Å². The van der Waals surface area contributed by atoms with Gasteiger partial charge in [0, 0.05) is 9.89 Å². The fourth-order valence-corrected chi connectivity index (χ4v) is 3.39. The largest absolute Gasteiger partial charge is 0.395 e. The fourth-order valence-electron chi connectivity index (χ4n) is 2.69. The average molecular weight is 326 g/mol. The average Bonchev–Trinajstić information content (AvgIpc) is 2.40. The van der Waals surface area contributed by atoms with E-state index in [9.17, 15) is 5.11 Å². The zero-order valence-corrected chi connectivity index (χ0v) is 13.7. The van der Waals surface area contributed by atoms with Gasteiger partial charge in [0.2, 0.25) is 0 Å². The quantitative estimate of drug-likeness (QED) is 0.919. The number of halogens is 1. The Hall–Kier alpha value is -0.380. The van der Waals surface area contributed by atoms with Crippen LogP contribution in [0.5, 0.6) is 0 Å². The standard InChI is InChI=1S/C16H24BrNO/c1-16(2,11-19)13-4-5-14(15(17)10-13)12-6-8-18(3)9-7-12/h4-5,10,12,19H,6-9,11H2,1-3H3. The molecule has 0 radical (unpaired) electrons. The van der Waals surface area contributed by atoms with Gasteiger partial charge in [0.15, 0.2) is 0 Å². The molecule has 2 nitrogen and oxygen atoms in total. The lowest BCUT2D eigenvalue weighted by molar-refractivity contribution is 0.218. The van der Waals surface area contributed by atoms with Gasteiger partial charge in [0.05, 0.1) is 6.61 Å². The van der Waals surface area contributed by atoms with Crippen molar-refractivity contribution in [3.8, 4) is 0 Å². The van der Waals surface area contributed by atoms with Crippen molar-refractivity contribution in [1.29, 1.82) is 0 Å². The second-order valence-corrected chi connectivity index (χ2v) is 7.21. The van der Waals surface area contributed by atoms with E-state index in [1.54, 1.807) is 0 Å². The van der Waals surface area contributed by atoms with Crippen molar-refractivity contribution in [3.63, 3.8) is 0 Å². The van der Waals surface area contributed by atoms with Gasteiger partial charge < -0.3 is 10.0 Å². The third-order valence-corrected chi connectivity index (χ3v) is 5.02. The molecule has 0 bridgehead atoms. The minimum atomic E-state index is -0.173. The van der Waals surface area contributed by atoms with Crippen molar-refractivity contribution >= 4 is 15.9 Å². The summed E-state index contributed by atoms with van der Waals surface area (Å²) in [5, 5.41) is 9.46. The van der Waals surface area contributed by atoms with E-state index in [-0.39, 0.29) is 12.0 Å². The highest BCUT2D eigenvalue weighted by Crippen LogP contribution is 2.35. The molecule has 1 aliphatic rings. The number of benzene rings is 1. The van der Waals surface area contributed by atoms with E-state index in [0.29, 0.717) is 5.92 Å². The maximum absolute atomic E-state index is 9.46. The van der Waals surface area contributed by atoms with E-state index in [0.717, 1.165) is 0 Å². The number of likely N-dealkylation sites (tertiary alicyclic amines) is 1. The van der Waals surface area contributed by atoms with Gasteiger partial charge >= 0.3 is 0 Å². The van der Waals surface area contributed by atoms with Crippen LogP contribution in [0.25, 0.3) is 0 Å². The summed E-state index contributed by atoms with van der Waals surface area (Å²) in [4.78, 5) is 2.40. The molecule has 0 spiro atoms. The third-order valence-electron chi connectivity index (χ3n) is 4.34. The summed E-state index contributed by atoms with van der Waals surface area (Å²) in [5.41, 5.74) is 2.44. The summed E-state index contributed by atoms with van der Waals surface area (Å²) in [7, 11) is 2.19. The van der Waals surface area contributed by atoms with E-state index in [2.05, 4.69) is 59.9 Å². The molecule has 1 saturated heterocycles. The number of aliphatic hydroxyl groups is 1. The third kappa shape index (κ3) is 3.39. The number of nitrogens with zero attached hydrogens (tertiary/aromatic N) is 1. The first kappa shape index (κ1) is 15.0. The SMILES string of the molecule is CN1CCC(c2ccc(C(C)(C)CO)cc2Br)CC1. The minimum Gasteiger partial charge on any atom is -0.395 e. The monoisotopic (exact) mass is 325 g/mol. The molecule has 19 heavy (non-hydrogen) atoms. The van der Waals surface area contributed by atoms with Crippen LogP contribution in [0.2, 0.25) is 0 Å². The smallest absolute Gasteiger partial charge is 0.0522 e. The van der Waals surface area contributed by atoms with Crippen molar-refractivity contribution in [2.75, 3.05) is 26.7 Å². The number of aliphatic hydroxyl groups excluding tert-OH is 1. The van der Waals surface area contributed by atoms with Crippen LogP contribution in [-0.4, -0.2) is 36.8 Å². The maximum atomic E-state index is 9.46. The van der Waals surface area contributed by atoms with Gasteiger partial charge in [0.1, 0.15) is 0 Å². The van der Waals surface area contributed by atoms with Gasteiger partial charge in [-0.3, -0.25) is 0 Å². The van der Waals surface area contributed by atoms with Crippen LogP contribution in [0.15, 0.2) is 22.7 Å². The molecule has 1 heterocycles. The number of hydrogen-bond donors (Lipinski definition) is 1. The molecule has 1 aliphatic heterocycles. The summed E-state index contributed by atoms with van der Waals surface area (Å²) in [6.45, 7) is 6.68. The van der Waals surface area contributed by atoms with Crippen molar-refractivity contribution in [2.24, 2.45) is 0 Å². The predicted molar refractivity (Wildman–Crippen MR) is 83.7 cm³/mol. The van der Waals surface area contributed by atoms with E-state index in [4.69, 9.17) is 0 Å². The van der Waals surface area contributed by atoms with E-state index in [1.807, 2.05) is 0 Å². The molecule has 0 unspecified atom stereocenters. The highest BCUT2D eigenvalue weighted by molar-refractivity contribution is 9.10. The number of piperidine rings is 1. The Morgan fingerprint density at radius 2 is 1.95 bits per heavy atom. The lowest BCUT2D eigenvalue weighted by Crippen LogP contribution is -2.29. The molecule has 0 aromatic heterocycles. The van der Waals surface area contributed by atoms with Crippen LogP contribution in [0.1, 0.15) is 43.7 Å². The minimum absolute atomic E-state index is 0.173. The second-order valence-electron chi connectivity index (χ2n) is 6.36. The lowest BCUT2D eigenvalue weighted by Gasteiger charge is -2.30. The van der Waals surface area contributed by atoms with Crippen molar-refractivity contribution in [2.45, 2.75) is 38.0 Å². The first-order valence-corrected chi connectivity index (χ1v) is 7.82. The number of rotatable bonds is 3.